The Balaban J connectivity index is 3.85. The molecule has 0 amide bonds. The van der Waals surface area contributed by atoms with Crippen molar-refractivity contribution in [2.45, 2.75) is 18.9 Å². The van der Waals surface area contributed by atoms with E-state index in [1.54, 1.807) is 0 Å². The van der Waals surface area contributed by atoms with Crippen LogP contribution in [0.1, 0.15) is 12.8 Å². The van der Waals surface area contributed by atoms with Crippen LogP contribution in [-0.2, 0) is 9.59 Å². The van der Waals surface area contributed by atoms with E-state index in [9.17, 15) is 9.59 Å². The number of carboxylic acids is 2. The summed E-state index contributed by atoms with van der Waals surface area (Å²) in [5.74, 6) is -2.84. The van der Waals surface area contributed by atoms with Crippen LogP contribution >= 0.6 is 0 Å². The normalized spacial score (nSPS) is 14.9. The van der Waals surface area contributed by atoms with E-state index in [4.69, 9.17) is 21.7 Å². The lowest BCUT2D eigenvalue weighted by molar-refractivity contribution is -0.143. The van der Waals surface area contributed by atoms with E-state index in [0.29, 0.717) is 0 Å². The lowest BCUT2D eigenvalue weighted by Gasteiger charge is -2.10. The first kappa shape index (κ1) is 11.9. The number of rotatable bonds is 6. The van der Waals surface area contributed by atoms with Gasteiger partial charge in [0.15, 0.2) is 0 Å². The number of carbonyl (C=O) groups is 2. The second-order valence-electron chi connectivity index (χ2n) is 2.79. The van der Waals surface area contributed by atoms with E-state index in [1.807, 2.05) is 0 Å². The van der Waals surface area contributed by atoms with Gasteiger partial charge in [-0.05, 0) is 12.8 Å². The zero-order chi connectivity index (χ0) is 10.4. The van der Waals surface area contributed by atoms with Gasteiger partial charge in [0.1, 0.15) is 6.04 Å². The summed E-state index contributed by atoms with van der Waals surface area (Å²) >= 11 is 0. The van der Waals surface area contributed by atoms with Crippen LogP contribution in [0.25, 0.3) is 0 Å². The van der Waals surface area contributed by atoms with Gasteiger partial charge in [-0.15, -0.1) is 0 Å². The number of aliphatic carboxylic acids is 2. The van der Waals surface area contributed by atoms with Gasteiger partial charge < -0.3 is 21.7 Å². The van der Waals surface area contributed by atoms with Gasteiger partial charge in [0.25, 0.3) is 0 Å². The first-order valence-corrected chi connectivity index (χ1v) is 3.90. The molecule has 0 aromatic rings. The predicted molar refractivity (Wildman–Crippen MR) is 45.0 cm³/mol. The second kappa shape index (κ2) is 5.50. The highest BCUT2D eigenvalue weighted by Crippen LogP contribution is 2.06. The monoisotopic (exact) mass is 190 g/mol. The van der Waals surface area contributed by atoms with Crippen LogP contribution in [0.2, 0.25) is 0 Å². The molecule has 0 aromatic carbocycles. The molecule has 0 saturated heterocycles. The summed E-state index contributed by atoms with van der Waals surface area (Å²) in [6.07, 6.45) is 0.322. The predicted octanol–water partition coefficient (Wildman–Crippen LogP) is -1.16. The fourth-order valence-corrected chi connectivity index (χ4v) is 0.846. The Kier molecular flexibility index (Phi) is 5.01. The van der Waals surface area contributed by atoms with Crippen LogP contribution in [0.15, 0.2) is 0 Å². The fraction of sp³-hybridized carbons (Fsp3) is 0.714. The molecule has 13 heavy (non-hydrogen) atoms. The van der Waals surface area contributed by atoms with Crippen LogP contribution in [0, 0.1) is 5.92 Å². The number of nitrogens with two attached hydrogens (primary N) is 2. The quantitative estimate of drug-likeness (QED) is 0.418. The molecule has 76 valence electrons. The highest BCUT2D eigenvalue weighted by atomic mass is 16.4. The largest absolute Gasteiger partial charge is 0.481 e. The molecule has 6 heteroatoms. The maximum Gasteiger partial charge on any atom is 0.320 e. The van der Waals surface area contributed by atoms with Gasteiger partial charge >= 0.3 is 11.9 Å². The van der Waals surface area contributed by atoms with Gasteiger partial charge in [0.2, 0.25) is 0 Å². The SMILES string of the molecule is NCC(CCC(N)C(=O)O)C(=O)O. The van der Waals surface area contributed by atoms with Crippen molar-refractivity contribution in [3.63, 3.8) is 0 Å². The Bertz CT molecular complexity index is 195. The molecule has 0 saturated carbocycles. The molecule has 0 aliphatic heterocycles. The molecular weight excluding hydrogens is 176 g/mol. The molecule has 0 bridgehead atoms. The maximum absolute atomic E-state index is 10.4. The van der Waals surface area contributed by atoms with Gasteiger partial charge in [-0.1, -0.05) is 0 Å². The van der Waals surface area contributed by atoms with E-state index in [0.717, 1.165) is 0 Å². The number of hydrogen-bond acceptors (Lipinski definition) is 4. The Morgan fingerprint density at radius 2 is 1.69 bits per heavy atom. The minimum atomic E-state index is -1.12. The maximum atomic E-state index is 10.4. The molecular formula is C7H14N2O4. The third-order valence-corrected chi connectivity index (χ3v) is 1.78. The van der Waals surface area contributed by atoms with Gasteiger partial charge in [0, 0.05) is 6.54 Å². The Morgan fingerprint density at radius 3 is 2.00 bits per heavy atom. The van der Waals surface area contributed by atoms with Crippen molar-refractivity contribution in [2.24, 2.45) is 17.4 Å². The summed E-state index contributed by atoms with van der Waals surface area (Å²) in [4.78, 5) is 20.7. The van der Waals surface area contributed by atoms with Crippen molar-refractivity contribution in [1.29, 1.82) is 0 Å². The van der Waals surface area contributed by atoms with E-state index in [-0.39, 0.29) is 19.4 Å². The van der Waals surface area contributed by atoms with E-state index in [2.05, 4.69) is 0 Å². The van der Waals surface area contributed by atoms with Crippen molar-refractivity contribution in [3.05, 3.63) is 0 Å². The van der Waals surface area contributed by atoms with E-state index in [1.165, 1.54) is 0 Å². The molecule has 0 aromatic heterocycles. The molecule has 0 aliphatic rings. The molecule has 0 spiro atoms. The molecule has 2 atom stereocenters. The standard InChI is InChI=1S/C7H14N2O4/c8-3-4(6(10)11)1-2-5(9)7(12)13/h4-5H,1-3,8-9H2,(H,10,11)(H,12,13). The van der Waals surface area contributed by atoms with Crippen LogP contribution in [0.5, 0.6) is 0 Å². The first-order chi connectivity index (χ1) is 5.99. The van der Waals surface area contributed by atoms with Crippen molar-refractivity contribution in [2.75, 3.05) is 6.54 Å². The molecule has 2 unspecified atom stereocenters. The molecule has 6 nitrogen and oxygen atoms in total. The number of carboxylic acid groups (broad SMARTS) is 2. The molecule has 0 heterocycles. The molecule has 0 aliphatic carbocycles. The van der Waals surface area contributed by atoms with Crippen LogP contribution in [-0.4, -0.2) is 34.7 Å². The Hall–Kier alpha value is -1.14. The third kappa shape index (κ3) is 4.44. The lowest BCUT2D eigenvalue weighted by atomic mass is 10.0. The van der Waals surface area contributed by atoms with Crippen molar-refractivity contribution < 1.29 is 19.8 Å². The summed E-state index contributed by atoms with van der Waals surface area (Å²) in [6, 6.07) is -1.01. The minimum Gasteiger partial charge on any atom is -0.481 e. The summed E-state index contributed by atoms with van der Waals surface area (Å²) in [5, 5.41) is 17.0. The smallest absolute Gasteiger partial charge is 0.320 e. The summed E-state index contributed by atoms with van der Waals surface area (Å²) in [6.45, 7) is 0.00166. The molecule has 6 N–H and O–H groups in total. The van der Waals surface area contributed by atoms with Crippen molar-refractivity contribution in [3.8, 4) is 0 Å². The van der Waals surface area contributed by atoms with E-state index >= 15 is 0 Å². The number of hydrogen-bond donors (Lipinski definition) is 4. The van der Waals surface area contributed by atoms with Crippen molar-refractivity contribution >= 4 is 11.9 Å². The molecule has 0 radical (unpaired) electrons. The average Bonchev–Trinajstić information content (AvgIpc) is 2.04. The van der Waals surface area contributed by atoms with Crippen LogP contribution < -0.4 is 11.5 Å². The highest BCUT2D eigenvalue weighted by Gasteiger charge is 2.19. The van der Waals surface area contributed by atoms with Gasteiger partial charge in [-0.25, -0.2) is 0 Å². The average molecular weight is 190 g/mol. The topological polar surface area (TPSA) is 127 Å². The van der Waals surface area contributed by atoms with Crippen molar-refractivity contribution in [1.82, 2.24) is 0 Å². The third-order valence-electron chi connectivity index (χ3n) is 1.78. The molecule has 0 fully saturated rings. The van der Waals surface area contributed by atoms with Gasteiger partial charge in [-0.2, -0.15) is 0 Å². The fourth-order valence-electron chi connectivity index (χ4n) is 0.846. The first-order valence-electron chi connectivity index (χ1n) is 3.90. The Labute approximate surface area is 75.5 Å². The van der Waals surface area contributed by atoms with Crippen LogP contribution in [0.4, 0.5) is 0 Å². The summed E-state index contributed by atoms with van der Waals surface area (Å²) in [5.41, 5.74) is 10.4. The zero-order valence-corrected chi connectivity index (χ0v) is 7.14. The molecule has 0 rings (SSSR count). The van der Waals surface area contributed by atoms with Gasteiger partial charge in [-0.3, -0.25) is 9.59 Å². The Morgan fingerprint density at radius 1 is 1.15 bits per heavy atom. The minimum absolute atomic E-state index is 0.00166. The van der Waals surface area contributed by atoms with E-state index < -0.39 is 23.9 Å². The van der Waals surface area contributed by atoms with Crippen LogP contribution in [0.3, 0.4) is 0 Å². The highest BCUT2D eigenvalue weighted by molar-refractivity contribution is 5.73. The summed E-state index contributed by atoms with van der Waals surface area (Å²) < 4.78 is 0. The second-order valence-corrected chi connectivity index (χ2v) is 2.79. The zero-order valence-electron chi connectivity index (χ0n) is 7.14. The lowest BCUT2D eigenvalue weighted by Crippen LogP contribution is -2.32. The summed E-state index contributed by atoms with van der Waals surface area (Å²) in [7, 11) is 0. The van der Waals surface area contributed by atoms with Gasteiger partial charge in [0.05, 0.1) is 5.92 Å².